The van der Waals surface area contributed by atoms with Crippen LogP contribution in [0.15, 0.2) is 205 Å². The second-order valence-corrected chi connectivity index (χ2v) is 15.9. The van der Waals surface area contributed by atoms with Gasteiger partial charge < -0.3 is 14.6 Å². The fourth-order valence-electron chi connectivity index (χ4n) is 7.17. The second-order valence-electron chi connectivity index (χ2n) is 15.0. The first-order valence-corrected chi connectivity index (χ1v) is 21.6. The number of hydrogen-bond acceptors (Lipinski definition) is 8. The van der Waals surface area contributed by atoms with E-state index in [1.807, 2.05) is 146 Å². The van der Waals surface area contributed by atoms with Crippen molar-refractivity contribution in [3.05, 3.63) is 233 Å². The van der Waals surface area contributed by atoms with Crippen LogP contribution in [-0.2, 0) is 13.2 Å². The number of fused-ring (bicyclic) bond motifs is 3. The van der Waals surface area contributed by atoms with E-state index in [0.29, 0.717) is 24.3 Å². The van der Waals surface area contributed by atoms with Gasteiger partial charge in [0, 0.05) is 80.1 Å². The predicted molar refractivity (Wildman–Crippen MR) is 263 cm³/mol. The first-order chi connectivity index (χ1) is 32.3. The minimum Gasteiger partial charge on any atom is -0.489 e. The molecule has 66 heavy (non-hydrogen) atoms. The first-order valence-electron chi connectivity index (χ1n) is 20.8. The maximum absolute atomic E-state index is 11.3. The molecule has 10 heteroatoms. The molecule has 0 saturated carbocycles. The molecule has 0 bridgehead atoms. The smallest absolute Gasteiger partial charge is 0.335 e. The minimum absolute atomic E-state index is 0.262. The Hall–Kier alpha value is -8.34. The molecule has 0 aliphatic rings. The van der Waals surface area contributed by atoms with Crippen LogP contribution in [0.3, 0.4) is 0 Å². The summed E-state index contributed by atoms with van der Waals surface area (Å²) in [6, 6.07) is 52.0. The quantitative estimate of drug-likeness (QED) is 0.126. The van der Waals surface area contributed by atoms with Crippen molar-refractivity contribution in [3.8, 4) is 33.8 Å². The third kappa shape index (κ3) is 11.1. The third-order valence-electron chi connectivity index (χ3n) is 10.6. The van der Waals surface area contributed by atoms with E-state index in [2.05, 4.69) is 30.9 Å². The molecule has 3 aromatic heterocycles. The van der Waals surface area contributed by atoms with Crippen molar-refractivity contribution in [2.45, 2.75) is 13.2 Å². The van der Waals surface area contributed by atoms with Crippen LogP contribution in [0.25, 0.3) is 54.6 Å². The van der Waals surface area contributed by atoms with Gasteiger partial charge in [-0.3, -0.25) is 24.5 Å². The molecule has 10 aromatic rings. The van der Waals surface area contributed by atoms with E-state index < -0.39 is 5.97 Å². The van der Waals surface area contributed by atoms with Gasteiger partial charge in [0.15, 0.2) is 0 Å². The zero-order chi connectivity index (χ0) is 45.7. The van der Waals surface area contributed by atoms with Crippen molar-refractivity contribution < 1.29 is 29.0 Å². The topological polar surface area (TPSA) is 129 Å². The van der Waals surface area contributed by atoms with Gasteiger partial charge in [0.1, 0.15) is 37.3 Å². The van der Waals surface area contributed by atoms with E-state index in [0.717, 1.165) is 94.2 Å². The number of carbonyl (C=O) groups excluding carboxylic acids is 2. The number of pyridine rings is 3. The molecule has 0 spiro atoms. The van der Waals surface area contributed by atoms with Crippen LogP contribution in [0.1, 0.15) is 42.2 Å². The highest BCUT2D eigenvalue weighted by molar-refractivity contribution is 9.10. The van der Waals surface area contributed by atoms with Crippen molar-refractivity contribution in [1.82, 2.24) is 15.0 Å². The van der Waals surface area contributed by atoms with Gasteiger partial charge in [0.05, 0.1) is 5.56 Å². The number of benzene rings is 7. The fraction of sp³-hybridized carbons (Fsp3) is 0.0357. The SMILES string of the molecule is O=C(O)c1ccc2cncc(-c3ccc(OCc4ccccc4)cc3)c2c1.O=Cc1ccc2cncc(-c3ccc(OCc4ccccc4)cc3)c2c1.O=Cc1ccc2cncc(Br)c2c1. The Bertz CT molecular complexity index is 3280. The number of aldehydes is 2. The summed E-state index contributed by atoms with van der Waals surface area (Å²) in [5, 5.41) is 15.1. The molecule has 9 nitrogen and oxygen atoms in total. The van der Waals surface area contributed by atoms with Gasteiger partial charge in [-0.05, 0) is 103 Å². The summed E-state index contributed by atoms with van der Waals surface area (Å²) < 4.78 is 12.6. The predicted octanol–water partition coefficient (Wildman–Crippen LogP) is 13.3. The van der Waals surface area contributed by atoms with E-state index in [1.165, 1.54) is 0 Å². The Labute approximate surface area is 389 Å². The van der Waals surface area contributed by atoms with Gasteiger partial charge in [-0.15, -0.1) is 0 Å². The number of aromatic nitrogens is 3. The van der Waals surface area contributed by atoms with Crippen LogP contribution in [0.5, 0.6) is 11.5 Å². The maximum Gasteiger partial charge on any atom is 0.335 e. The van der Waals surface area contributed by atoms with E-state index >= 15 is 0 Å². The summed E-state index contributed by atoms with van der Waals surface area (Å²) in [6.45, 7) is 1.05. The number of aromatic carboxylic acids is 1. The van der Waals surface area contributed by atoms with Crippen molar-refractivity contribution in [2.75, 3.05) is 0 Å². The first kappa shape index (κ1) is 44.3. The summed E-state index contributed by atoms with van der Waals surface area (Å²) in [4.78, 5) is 45.6. The Balaban J connectivity index is 0.000000143. The number of carboxylic acid groups (broad SMARTS) is 1. The normalized spacial score (nSPS) is 10.6. The monoisotopic (exact) mass is 929 g/mol. The molecule has 0 unspecified atom stereocenters. The van der Waals surface area contributed by atoms with Gasteiger partial charge in [0.25, 0.3) is 0 Å². The molecule has 0 saturated heterocycles. The van der Waals surface area contributed by atoms with Crippen LogP contribution < -0.4 is 9.47 Å². The average molecular weight is 931 g/mol. The van der Waals surface area contributed by atoms with Gasteiger partial charge in [-0.2, -0.15) is 0 Å². The fourth-order valence-corrected chi connectivity index (χ4v) is 7.64. The lowest BCUT2D eigenvalue weighted by Gasteiger charge is -2.10. The van der Waals surface area contributed by atoms with E-state index in [9.17, 15) is 19.5 Å². The number of hydrogen-bond donors (Lipinski definition) is 1. The van der Waals surface area contributed by atoms with E-state index in [1.54, 1.807) is 55.1 Å². The zero-order valence-electron chi connectivity index (χ0n) is 35.3. The molecule has 322 valence electrons. The molecule has 3 heterocycles. The summed E-state index contributed by atoms with van der Waals surface area (Å²) in [5.41, 5.74) is 7.74. The molecule has 0 amide bonds. The van der Waals surface area contributed by atoms with Gasteiger partial charge in [0.2, 0.25) is 0 Å². The standard InChI is InChI=1S/C23H17NO3.C23H17NO2.C10H6BrNO/c25-23(26)18-6-7-19-13-24-14-22(21(19)12-18)17-8-10-20(11-9-17)27-15-16-4-2-1-3-5-16;25-15-18-6-7-20-13-24-14-23(22(20)12-18)19-8-10-21(11-9-19)26-16-17-4-2-1-3-5-17;11-10-5-12-4-8-2-1-7(6-13)3-9(8)10/h1-14H,15H2,(H,25,26);1-15H,16H2;1-6H. The second kappa shape index (κ2) is 21.4. The van der Waals surface area contributed by atoms with Gasteiger partial charge in [-0.1, -0.05) is 115 Å². The van der Waals surface area contributed by atoms with Gasteiger partial charge >= 0.3 is 5.97 Å². The lowest BCUT2D eigenvalue weighted by Crippen LogP contribution is -1.96. The molecule has 0 aliphatic carbocycles. The third-order valence-corrected chi connectivity index (χ3v) is 11.3. The number of rotatable bonds is 11. The summed E-state index contributed by atoms with van der Waals surface area (Å²) >= 11 is 3.38. The number of halogens is 1. The zero-order valence-corrected chi connectivity index (χ0v) is 36.9. The van der Waals surface area contributed by atoms with Crippen LogP contribution in [-0.4, -0.2) is 38.6 Å². The van der Waals surface area contributed by atoms with E-state index in [4.69, 9.17) is 9.47 Å². The lowest BCUT2D eigenvalue weighted by molar-refractivity contribution is 0.0696. The van der Waals surface area contributed by atoms with Crippen molar-refractivity contribution in [2.24, 2.45) is 0 Å². The van der Waals surface area contributed by atoms with Crippen molar-refractivity contribution in [3.63, 3.8) is 0 Å². The number of nitrogens with zero attached hydrogens (tertiary/aromatic N) is 3. The van der Waals surface area contributed by atoms with Crippen LogP contribution >= 0.6 is 15.9 Å². The molecule has 0 radical (unpaired) electrons. The highest BCUT2D eigenvalue weighted by atomic mass is 79.9. The van der Waals surface area contributed by atoms with Crippen molar-refractivity contribution in [1.29, 1.82) is 0 Å². The number of ether oxygens (including phenoxy) is 2. The van der Waals surface area contributed by atoms with Gasteiger partial charge in [-0.25, -0.2) is 4.79 Å². The van der Waals surface area contributed by atoms with E-state index in [-0.39, 0.29) is 5.56 Å². The highest BCUT2D eigenvalue weighted by Gasteiger charge is 2.10. The minimum atomic E-state index is -0.940. The molecule has 0 fully saturated rings. The molecular formula is C56H40BrN3O6. The Kier molecular flexibility index (Phi) is 14.3. The highest BCUT2D eigenvalue weighted by Crippen LogP contribution is 2.32. The number of carbonyl (C=O) groups is 3. The summed E-state index contributed by atoms with van der Waals surface area (Å²) in [6.07, 6.45) is 12.3. The molecule has 10 rings (SSSR count). The van der Waals surface area contributed by atoms with Crippen molar-refractivity contribution >= 4 is 66.8 Å². The van der Waals surface area contributed by atoms with Crippen LogP contribution in [0.2, 0.25) is 0 Å². The summed E-state index contributed by atoms with van der Waals surface area (Å²) in [7, 11) is 0. The molecule has 0 atom stereocenters. The largest absolute Gasteiger partial charge is 0.489 e. The average Bonchev–Trinajstić information content (AvgIpc) is 3.38. The summed E-state index contributed by atoms with van der Waals surface area (Å²) in [5.74, 6) is 0.658. The Morgan fingerprint density at radius 1 is 0.485 bits per heavy atom. The molecule has 0 aliphatic heterocycles. The maximum atomic E-state index is 11.3. The molecular weight excluding hydrogens is 891 g/mol. The van der Waals surface area contributed by atoms with Crippen LogP contribution in [0.4, 0.5) is 0 Å². The Morgan fingerprint density at radius 3 is 1.38 bits per heavy atom. The van der Waals surface area contributed by atoms with Crippen LogP contribution in [0, 0.1) is 0 Å². The Morgan fingerprint density at radius 2 is 0.909 bits per heavy atom. The molecule has 7 aromatic carbocycles. The number of carboxylic acids is 1. The molecule has 1 N–H and O–H groups in total. The lowest BCUT2D eigenvalue weighted by atomic mass is 9.99.